The molecule has 0 fully saturated rings. The van der Waals surface area contributed by atoms with E-state index in [0.717, 1.165) is 34.9 Å². The van der Waals surface area contributed by atoms with Crippen LogP contribution in [0.15, 0.2) is 54.6 Å². The van der Waals surface area contributed by atoms with Crippen molar-refractivity contribution in [3.63, 3.8) is 0 Å². The molecule has 0 aliphatic rings. The van der Waals surface area contributed by atoms with E-state index in [2.05, 4.69) is 18.2 Å². The molecule has 242 valence electrons. The molecule has 12 heteroatoms. The van der Waals surface area contributed by atoms with Crippen LogP contribution >= 0.6 is 11.3 Å². The molecule has 2 atom stereocenters. The van der Waals surface area contributed by atoms with Gasteiger partial charge in [0.1, 0.15) is 36.9 Å². The maximum atomic E-state index is 13.2. The van der Waals surface area contributed by atoms with Crippen molar-refractivity contribution < 1.29 is 51.9 Å². The Morgan fingerprint density at radius 2 is 1.66 bits per heavy atom. The zero-order chi connectivity index (χ0) is 32.1. The number of unbranched alkanes of at least 4 members (excludes halogenated alkanes) is 2. The van der Waals surface area contributed by atoms with Crippen molar-refractivity contribution in [1.82, 2.24) is 0 Å². The van der Waals surface area contributed by atoms with Crippen LogP contribution in [-0.4, -0.2) is 74.4 Å². The average Bonchev–Trinajstić information content (AvgIpc) is 3.39. The maximum absolute atomic E-state index is 13.2. The van der Waals surface area contributed by atoms with E-state index in [9.17, 15) is 28.2 Å². The largest absolute Gasteiger partial charge is 0.573 e. The molecule has 8 nitrogen and oxygen atoms in total. The van der Waals surface area contributed by atoms with Gasteiger partial charge in [-0.3, -0.25) is 0 Å². The number of alkyl halides is 3. The average molecular weight is 641 g/mol. The number of ether oxygens (including phenoxy) is 5. The van der Waals surface area contributed by atoms with Crippen LogP contribution in [-0.2, 0) is 25.4 Å². The maximum Gasteiger partial charge on any atom is 0.573 e. The summed E-state index contributed by atoms with van der Waals surface area (Å²) in [5.41, 5.74) is 1.40. The zero-order valence-corrected chi connectivity index (χ0v) is 25.7. The molecule has 2 aromatic carbocycles. The molecule has 1 heterocycles. The van der Waals surface area contributed by atoms with Crippen molar-refractivity contribution >= 4 is 27.4 Å². The predicted molar refractivity (Wildman–Crippen MR) is 162 cm³/mol. The number of fused-ring (bicyclic) bond motifs is 1. The number of aliphatic hydroxyl groups excluding tert-OH is 2. The van der Waals surface area contributed by atoms with Crippen LogP contribution in [0, 0.1) is 0 Å². The normalized spacial score (nSPS) is 13.1. The van der Waals surface area contributed by atoms with E-state index >= 15 is 0 Å². The van der Waals surface area contributed by atoms with Crippen LogP contribution in [0.25, 0.3) is 20.5 Å². The Balaban J connectivity index is 1.48. The van der Waals surface area contributed by atoms with Crippen LogP contribution in [0.4, 0.5) is 13.2 Å². The lowest BCUT2D eigenvalue weighted by atomic mass is 10.0. The van der Waals surface area contributed by atoms with Gasteiger partial charge in [0.15, 0.2) is 0 Å². The molecule has 2 N–H and O–H groups in total. The highest BCUT2D eigenvalue weighted by Gasteiger charge is 2.32. The number of aryl methyl sites for hydroxylation is 1. The third-order valence-corrected chi connectivity index (χ3v) is 7.42. The Labute approximate surface area is 259 Å². The number of hydrogen-bond donors (Lipinski definition) is 2. The van der Waals surface area contributed by atoms with Gasteiger partial charge in [-0.2, -0.15) is 0 Å². The topological polar surface area (TPSA) is 104 Å². The Morgan fingerprint density at radius 3 is 2.32 bits per heavy atom. The monoisotopic (exact) mass is 640 g/mol. The van der Waals surface area contributed by atoms with Crippen LogP contribution < -0.4 is 9.47 Å². The molecule has 1 aromatic heterocycles. The van der Waals surface area contributed by atoms with Gasteiger partial charge in [-0.1, -0.05) is 32.4 Å². The van der Waals surface area contributed by atoms with Crippen LogP contribution in [0.3, 0.4) is 0 Å². The van der Waals surface area contributed by atoms with E-state index < -0.39 is 24.5 Å². The minimum Gasteiger partial charge on any atom is -0.491 e. The third kappa shape index (κ3) is 12.1. The molecular formula is C32H39F3O8S. The van der Waals surface area contributed by atoms with Gasteiger partial charge in [0, 0.05) is 20.7 Å². The number of thiophene rings is 1. The van der Waals surface area contributed by atoms with Gasteiger partial charge in [0.25, 0.3) is 0 Å². The first kappa shape index (κ1) is 35.3. The number of halogens is 3. The molecule has 0 aliphatic carbocycles. The molecule has 0 bridgehead atoms. The molecule has 3 aromatic rings. The highest BCUT2D eigenvalue weighted by atomic mass is 32.1. The number of aliphatic hydroxyl groups is 2. The summed E-state index contributed by atoms with van der Waals surface area (Å²) in [7, 11) is 0. The second kappa shape index (κ2) is 17.4. The number of rotatable bonds is 19. The fraction of sp³-hybridized carbons (Fsp3) is 0.469. The van der Waals surface area contributed by atoms with Gasteiger partial charge in [-0.15, -0.1) is 24.5 Å². The van der Waals surface area contributed by atoms with Gasteiger partial charge in [0.2, 0.25) is 0 Å². The van der Waals surface area contributed by atoms with Gasteiger partial charge in [-0.25, -0.2) is 4.79 Å². The molecule has 2 unspecified atom stereocenters. The van der Waals surface area contributed by atoms with Crippen molar-refractivity contribution in [2.75, 3.05) is 39.6 Å². The molecule has 0 saturated heterocycles. The summed E-state index contributed by atoms with van der Waals surface area (Å²) in [6, 6.07) is 12.1. The van der Waals surface area contributed by atoms with E-state index in [4.69, 9.17) is 18.9 Å². The lowest BCUT2D eigenvalue weighted by Gasteiger charge is -2.14. The van der Waals surface area contributed by atoms with E-state index in [1.54, 1.807) is 18.2 Å². The lowest BCUT2D eigenvalue weighted by Crippen LogP contribution is -2.26. The second-order valence-electron chi connectivity index (χ2n) is 10.3. The lowest BCUT2D eigenvalue weighted by molar-refractivity contribution is -0.274. The standard InChI is InChI=1S/C32H39F3O8S/c1-4-5-6-7-22-8-11-27(28(14-22)43-32(33,34)35)30-15-23-9-10-26(16-29(23)44-30)41-19-24(36)17-39-12-13-40-18-25(37)20-42-31(38)21(2)3/h8-11,14-16,24-25,36-37H,2,4-7,12-13,17-20H2,1,3H3. The summed E-state index contributed by atoms with van der Waals surface area (Å²) in [6.07, 6.45) is -3.11. The number of carbonyl (C=O) groups excluding carboxylic acids is 1. The second-order valence-corrected chi connectivity index (χ2v) is 11.4. The fourth-order valence-electron chi connectivity index (χ4n) is 4.09. The van der Waals surface area contributed by atoms with E-state index in [0.29, 0.717) is 22.6 Å². The summed E-state index contributed by atoms with van der Waals surface area (Å²) in [6.45, 7) is 7.05. The minimum absolute atomic E-state index is 0.00997. The van der Waals surface area contributed by atoms with Crippen molar-refractivity contribution in [2.45, 2.75) is 58.1 Å². The van der Waals surface area contributed by atoms with Gasteiger partial charge in [-0.05, 0) is 67.1 Å². The molecular weight excluding hydrogens is 601 g/mol. The molecule has 44 heavy (non-hydrogen) atoms. The van der Waals surface area contributed by atoms with Crippen molar-refractivity contribution in [3.05, 3.63) is 60.2 Å². The Morgan fingerprint density at radius 1 is 0.955 bits per heavy atom. The van der Waals surface area contributed by atoms with Crippen LogP contribution in [0.2, 0.25) is 0 Å². The highest BCUT2D eigenvalue weighted by molar-refractivity contribution is 7.22. The Bertz CT molecular complexity index is 1360. The minimum atomic E-state index is -4.81. The fourth-order valence-corrected chi connectivity index (χ4v) is 5.21. The number of benzene rings is 2. The quantitative estimate of drug-likeness (QED) is 0.0876. The first-order valence-electron chi connectivity index (χ1n) is 14.3. The van der Waals surface area contributed by atoms with Gasteiger partial charge in [0.05, 0.1) is 26.4 Å². The zero-order valence-electron chi connectivity index (χ0n) is 24.9. The Kier molecular flexibility index (Phi) is 13.9. The van der Waals surface area contributed by atoms with Crippen molar-refractivity contribution in [3.8, 4) is 21.9 Å². The predicted octanol–water partition coefficient (Wildman–Crippen LogP) is 6.45. The highest BCUT2D eigenvalue weighted by Crippen LogP contribution is 2.41. The summed E-state index contributed by atoms with van der Waals surface area (Å²) in [4.78, 5) is 11.9. The molecule has 0 amide bonds. The summed E-state index contributed by atoms with van der Waals surface area (Å²) < 4.78 is 66.1. The van der Waals surface area contributed by atoms with E-state index in [-0.39, 0.29) is 51.0 Å². The molecule has 0 radical (unpaired) electrons. The van der Waals surface area contributed by atoms with Gasteiger partial charge >= 0.3 is 12.3 Å². The van der Waals surface area contributed by atoms with Crippen LogP contribution in [0.5, 0.6) is 11.5 Å². The molecule has 0 spiro atoms. The summed E-state index contributed by atoms with van der Waals surface area (Å²) in [5, 5.41) is 20.8. The summed E-state index contributed by atoms with van der Waals surface area (Å²) in [5.74, 6) is -0.313. The van der Waals surface area contributed by atoms with Crippen molar-refractivity contribution in [2.24, 2.45) is 0 Å². The van der Waals surface area contributed by atoms with E-state index in [1.807, 2.05) is 18.2 Å². The van der Waals surface area contributed by atoms with Crippen LogP contribution in [0.1, 0.15) is 38.7 Å². The van der Waals surface area contributed by atoms with Crippen molar-refractivity contribution in [1.29, 1.82) is 0 Å². The smallest absolute Gasteiger partial charge is 0.491 e. The number of esters is 1. The SMILES string of the molecule is C=C(C)C(=O)OCC(O)COCCOCC(O)COc1ccc2cc(-c3ccc(CCCCC)cc3OC(F)(F)F)sc2c1. The Hall–Kier alpha value is -3.16. The molecule has 0 saturated carbocycles. The first-order chi connectivity index (χ1) is 20.9. The summed E-state index contributed by atoms with van der Waals surface area (Å²) >= 11 is 1.32. The molecule has 3 rings (SSSR count). The van der Waals surface area contributed by atoms with E-state index in [1.165, 1.54) is 24.3 Å². The number of carbonyl (C=O) groups is 1. The van der Waals surface area contributed by atoms with Gasteiger partial charge < -0.3 is 33.9 Å². The molecule has 0 aliphatic heterocycles. The third-order valence-electron chi connectivity index (χ3n) is 6.29. The number of hydrogen-bond acceptors (Lipinski definition) is 9. The first-order valence-corrected chi connectivity index (χ1v) is 15.2.